The molecule has 1 atom stereocenters. The summed E-state index contributed by atoms with van der Waals surface area (Å²) in [6, 6.07) is 7.22. The zero-order valence-electron chi connectivity index (χ0n) is 11.7. The largest absolute Gasteiger partial charge is 0.383 e. The van der Waals surface area contributed by atoms with Gasteiger partial charge >= 0.3 is 0 Å². The molecule has 18 heavy (non-hydrogen) atoms. The zero-order chi connectivity index (χ0) is 13.0. The van der Waals surface area contributed by atoms with Gasteiger partial charge in [0.25, 0.3) is 0 Å². The second-order valence-corrected chi connectivity index (χ2v) is 5.10. The lowest BCUT2D eigenvalue weighted by Gasteiger charge is -2.38. The first-order valence-electron chi connectivity index (χ1n) is 6.76. The summed E-state index contributed by atoms with van der Waals surface area (Å²) < 4.78 is 5.37. The van der Waals surface area contributed by atoms with Gasteiger partial charge in [-0.1, -0.05) is 17.7 Å². The Morgan fingerprint density at radius 1 is 1.44 bits per heavy atom. The fraction of sp³-hybridized carbons (Fsp3) is 0.600. The van der Waals surface area contributed by atoms with Crippen LogP contribution in [0, 0.1) is 6.92 Å². The Hall–Kier alpha value is -1.06. The van der Waals surface area contributed by atoms with Crippen LogP contribution in [0.4, 0.5) is 5.69 Å². The highest BCUT2D eigenvalue weighted by Crippen LogP contribution is 2.29. The summed E-state index contributed by atoms with van der Waals surface area (Å²) in [6.45, 7) is 5.03. The normalized spacial score (nSPS) is 16.5. The summed E-state index contributed by atoms with van der Waals surface area (Å²) in [4.78, 5) is 2.50. The van der Waals surface area contributed by atoms with Crippen LogP contribution in [0.25, 0.3) is 0 Å². The third-order valence-corrected chi connectivity index (χ3v) is 3.63. The minimum atomic E-state index is 0.418. The zero-order valence-corrected chi connectivity index (χ0v) is 11.7. The molecule has 0 aromatic heterocycles. The molecule has 1 unspecified atom stereocenters. The molecule has 1 N–H and O–H groups in total. The quantitative estimate of drug-likeness (QED) is 0.862. The van der Waals surface area contributed by atoms with Gasteiger partial charge < -0.3 is 15.0 Å². The lowest BCUT2D eigenvalue weighted by atomic mass is 9.98. The Bertz CT molecular complexity index is 386. The van der Waals surface area contributed by atoms with E-state index in [4.69, 9.17) is 4.74 Å². The average molecular weight is 248 g/mol. The molecule has 2 rings (SSSR count). The third-order valence-electron chi connectivity index (χ3n) is 3.63. The van der Waals surface area contributed by atoms with Crippen LogP contribution in [-0.2, 0) is 11.2 Å². The van der Waals surface area contributed by atoms with Crippen LogP contribution in [0.15, 0.2) is 18.2 Å². The van der Waals surface area contributed by atoms with Gasteiger partial charge in [-0.15, -0.1) is 0 Å². The number of hydrogen-bond donors (Lipinski definition) is 1. The van der Waals surface area contributed by atoms with Crippen molar-refractivity contribution < 1.29 is 4.74 Å². The molecule has 1 aromatic carbocycles. The molecule has 1 aliphatic heterocycles. The maximum Gasteiger partial charge on any atom is 0.0678 e. The van der Waals surface area contributed by atoms with Crippen molar-refractivity contribution in [3.05, 3.63) is 29.3 Å². The molecule has 3 nitrogen and oxygen atoms in total. The number of rotatable bonds is 5. The van der Waals surface area contributed by atoms with E-state index in [1.807, 2.05) is 7.05 Å². The lowest BCUT2D eigenvalue weighted by molar-refractivity contribution is 0.175. The number of methoxy groups -OCH3 is 1. The van der Waals surface area contributed by atoms with Gasteiger partial charge in [-0.25, -0.2) is 0 Å². The van der Waals surface area contributed by atoms with E-state index in [9.17, 15) is 0 Å². The second kappa shape index (κ2) is 6.21. The van der Waals surface area contributed by atoms with E-state index in [1.54, 1.807) is 7.11 Å². The highest BCUT2D eigenvalue weighted by Gasteiger charge is 2.23. The van der Waals surface area contributed by atoms with E-state index < -0.39 is 0 Å². The van der Waals surface area contributed by atoms with E-state index in [2.05, 4.69) is 35.3 Å². The van der Waals surface area contributed by atoms with E-state index in [-0.39, 0.29) is 0 Å². The number of fused-ring (bicyclic) bond motifs is 1. The van der Waals surface area contributed by atoms with Crippen LogP contribution in [0.3, 0.4) is 0 Å². The number of hydrogen-bond acceptors (Lipinski definition) is 3. The molecule has 3 heteroatoms. The lowest BCUT2D eigenvalue weighted by Crippen LogP contribution is -2.47. The van der Waals surface area contributed by atoms with Crippen molar-refractivity contribution in [1.82, 2.24) is 5.32 Å². The smallest absolute Gasteiger partial charge is 0.0678 e. The number of likely N-dealkylation sites (N-methyl/N-ethyl adjacent to an activating group) is 1. The first-order chi connectivity index (χ1) is 8.76. The van der Waals surface area contributed by atoms with E-state index >= 15 is 0 Å². The summed E-state index contributed by atoms with van der Waals surface area (Å²) in [5.74, 6) is 0. The predicted octanol–water partition coefficient (Wildman–Crippen LogP) is 1.98. The standard InChI is InChI=1S/C15H24N2O/c1-12-6-7-15-13(9-12)5-4-8-17(15)14(10-16-2)11-18-3/h6-7,9,14,16H,4-5,8,10-11H2,1-3H3. The first kappa shape index (κ1) is 13.4. The average Bonchev–Trinajstić information content (AvgIpc) is 2.37. The Morgan fingerprint density at radius 3 is 3.00 bits per heavy atom. The Kier molecular flexibility index (Phi) is 4.61. The summed E-state index contributed by atoms with van der Waals surface area (Å²) in [6.07, 6.45) is 2.44. The molecule has 0 fully saturated rings. The van der Waals surface area contributed by atoms with Crippen molar-refractivity contribution in [3.8, 4) is 0 Å². The molecule has 0 aliphatic carbocycles. The number of nitrogens with one attached hydrogen (secondary N) is 1. The molecule has 0 spiro atoms. The van der Waals surface area contributed by atoms with Gasteiger partial charge in [-0.2, -0.15) is 0 Å². The number of ether oxygens (including phenoxy) is 1. The predicted molar refractivity (Wildman–Crippen MR) is 76.4 cm³/mol. The molecular formula is C15H24N2O. The summed E-state index contributed by atoms with van der Waals surface area (Å²) in [5.41, 5.74) is 4.23. The summed E-state index contributed by atoms with van der Waals surface area (Å²) in [5, 5.41) is 3.27. The minimum absolute atomic E-state index is 0.418. The molecule has 0 amide bonds. The summed E-state index contributed by atoms with van der Waals surface area (Å²) >= 11 is 0. The molecule has 1 aromatic rings. The van der Waals surface area contributed by atoms with Crippen molar-refractivity contribution in [2.75, 3.05) is 38.8 Å². The third kappa shape index (κ3) is 2.85. The summed E-state index contributed by atoms with van der Waals surface area (Å²) in [7, 11) is 3.78. The SMILES string of the molecule is CNCC(COC)N1CCCc2cc(C)ccc21. The minimum Gasteiger partial charge on any atom is -0.383 e. The Morgan fingerprint density at radius 2 is 2.28 bits per heavy atom. The molecule has 0 saturated heterocycles. The van der Waals surface area contributed by atoms with Gasteiger partial charge in [0.2, 0.25) is 0 Å². The van der Waals surface area contributed by atoms with Gasteiger partial charge in [0.1, 0.15) is 0 Å². The maximum atomic E-state index is 5.37. The Balaban J connectivity index is 2.24. The number of anilines is 1. The maximum absolute atomic E-state index is 5.37. The van der Waals surface area contributed by atoms with Gasteiger partial charge in [-0.3, -0.25) is 0 Å². The van der Waals surface area contributed by atoms with E-state index in [0.29, 0.717) is 6.04 Å². The van der Waals surface area contributed by atoms with Crippen LogP contribution < -0.4 is 10.2 Å². The van der Waals surface area contributed by atoms with Crippen molar-refractivity contribution in [1.29, 1.82) is 0 Å². The Labute approximate surface area is 110 Å². The molecule has 0 radical (unpaired) electrons. The molecule has 100 valence electrons. The highest BCUT2D eigenvalue weighted by molar-refractivity contribution is 5.57. The molecule has 0 bridgehead atoms. The van der Waals surface area contributed by atoms with Crippen molar-refractivity contribution >= 4 is 5.69 Å². The van der Waals surface area contributed by atoms with E-state index in [1.165, 1.54) is 29.7 Å². The first-order valence-corrected chi connectivity index (χ1v) is 6.76. The van der Waals surface area contributed by atoms with Crippen molar-refractivity contribution in [3.63, 3.8) is 0 Å². The molecule has 1 aliphatic rings. The number of nitrogens with zero attached hydrogens (tertiary/aromatic N) is 1. The van der Waals surface area contributed by atoms with Crippen LogP contribution in [0.1, 0.15) is 17.5 Å². The van der Waals surface area contributed by atoms with E-state index in [0.717, 1.165) is 19.7 Å². The fourth-order valence-corrected chi connectivity index (χ4v) is 2.82. The van der Waals surface area contributed by atoms with Crippen LogP contribution in [-0.4, -0.2) is 39.9 Å². The second-order valence-electron chi connectivity index (χ2n) is 5.10. The molecule has 0 saturated carbocycles. The van der Waals surface area contributed by atoms with Crippen molar-refractivity contribution in [2.24, 2.45) is 0 Å². The monoisotopic (exact) mass is 248 g/mol. The fourth-order valence-electron chi connectivity index (χ4n) is 2.82. The topological polar surface area (TPSA) is 24.5 Å². The molecular weight excluding hydrogens is 224 g/mol. The number of benzene rings is 1. The van der Waals surface area contributed by atoms with Gasteiger partial charge in [0.15, 0.2) is 0 Å². The van der Waals surface area contributed by atoms with Gasteiger partial charge in [0, 0.05) is 25.9 Å². The van der Waals surface area contributed by atoms with Crippen LogP contribution in [0.5, 0.6) is 0 Å². The van der Waals surface area contributed by atoms with Crippen LogP contribution >= 0.6 is 0 Å². The molecule has 1 heterocycles. The van der Waals surface area contributed by atoms with Crippen molar-refractivity contribution in [2.45, 2.75) is 25.8 Å². The van der Waals surface area contributed by atoms with Gasteiger partial charge in [-0.05, 0) is 38.4 Å². The van der Waals surface area contributed by atoms with Crippen LogP contribution in [0.2, 0.25) is 0 Å². The highest BCUT2D eigenvalue weighted by atomic mass is 16.5. The van der Waals surface area contributed by atoms with Gasteiger partial charge in [0.05, 0.1) is 12.6 Å². The number of aryl methyl sites for hydroxylation is 2.